The third-order valence-corrected chi connectivity index (χ3v) is 5.05. The highest BCUT2D eigenvalue weighted by Gasteiger charge is 2.17. The molecule has 24 heavy (non-hydrogen) atoms. The maximum atomic E-state index is 12.1. The molecule has 0 bridgehead atoms. The molecule has 1 N–H and O–H groups in total. The molecule has 1 aromatic carbocycles. The molecule has 0 aliphatic heterocycles. The first-order valence-electron chi connectivity index (χ1n) is 7.35. The number of hydrogen-bond donors (Lipinski definition) is 1. The minimum Gasteiger partial charge on any atom is -0.355 e. The molecular weight excluding hydrogens is 398 g/mol. The Hall–Kier alpha value is -1.74. The Labute approximate surface area is 148 Å². The Kier molecular flexibility index (Phi) is 6.50. The Morgan fingerprint density at radius 1 is 1.38 bits per heavy atom. The summed E-state index contributed by atoms with van der Waals surface area (Å²) in [7, 11) is -3.51. The molecular formula is C15H18BrN3O4S. The van der Waals surface area contributed by atoms with Crippen molar-refractivity contribution in [3.05, 3.63) is 46.0 Å². The van der Waals surface area contributed by atoms with E-state index in [1.54, 1.807) is 25.1 Å². The van der Waals surface area contributed by atoms with Crippen molar-refractivity contribution in [3.8, 4) is 0 Å². The fourth-order valence-corrected chi connectivity index (χ4v) is 3.83. The maximum absolute atomic E-state index is 12.1. The number of nitrogens with zero attached hydrogens (tertiary/aromatic N) is 2. The van der Waals surface area contributed by atoms with Gasteiger partial charge in [-0.1, -0.05) is 33.2 Å². The van der Waals surface area contributed by atoms with Crippen molar-refractivity contribution >= 4 is 31.7 Å². The second-order valence-corrected chi connectivity index (χ2v) is 8.33. The van der Waals surface area contributed by atoms with Crippen LogP contribution in [0.4, 0.5) is 0 Å². The molecule has 0 fully saturated rings. The predicted molar refractivity (Wildman–Crippen MR) is 92.0 cm³/mol. The van der Waals surface area contributed by atoms with E-state index >= 15 is 0 Å². The second kappa shape index (κ2) is 8.39. The van der Waals surface area contributed by atoms with Crippen molar-refractivity contribution in [2.45, 2.75) is 25.5 Å². The summed E-state index contributed by atoms with van der Waals surface area (Å²) in [5, 5.41) is 6.26. The van der Waals surface area contributed by atoms with Crippen LogP contribution in [0, 0.1) is 6.92 Å². The number of halogens is 1. The highest BCUT2D eigenvalue weighted by molar-refractivity contribution is 9.10. The quantitative estimate of drug-likeness (QED) is 0.659. The van der Waals surface area contributed by atoms with Crippen LogP contribution < -0.4 is 5.32 Å². The monoisotopic (exact) mass is 415 g/mol. The van der Waals surface area contributed by atoms with Gasteiger partial charge in [0.05, 0.1) is 5.75 Å². The molecule has 1 amide bonds. The van der Waals surface area contributed by atoms with Crippen LogP contribution in [0.2, 0.25) is 0 Å². The lowest BCUT2D eigenvalue weighted by atomic mass is 10.2. The third-order valence-electron chi connectivity index (χ3n) is 3.09. The van der Waals surface area contributed by atoms with Gasteiger partial charge in [0.2, 0.25) is 11.8 Å². The lowest BCUT2D eigenvalue weighted by molar-refractivity contribution is -0.118. The van der Waals surface area contributed by atoms with Crippen molar-refractivity contribution in [2.24, 2.45) is 0 Å². The summed E-state index contributed by atoms with van der Waals surface area (Å²) in [6.07, 6.45) is 1.13. The van der Waals surface area contributed by atoms with E-state index in [0.29, 0.717) is 36.7 Å². The first-order chi connectivity index (χ1) is 11.3. The van der Waals surface area contributed by atoms with Crippen LogP contribution in [0.5, 0.6) is 0 Å². The number of aromatic nitrogens is 2. The zero-order valence-corrected chi connectivity index (χ0v) is 15.6. The number of sulfone groups is 1. The van der Waals surface area contributed by atoms with Crippen LogP contribution in [-0.2, 0) is 26.8 Å². The van der Waals surface area contributed by atoms with Crippen LogP contribution in [0.1, 0.15) is 23.7 Å². The predicted octanol–water partition coefficient (Wildman–Crippen LogP) is 1.80. The number of amides is 1. The summed E-state index contributed by atoms with van der Waals surface area (Å²) in [4.78, 5) is 15.8. The van der Waals surface area contributed by atoms with E-state index in [1.807, 2.05) is 6.07 Å². The topological polar surface area (TPSA) is 102 Å². The lowest BCUT2D eigenvalue weighted by Crippen LogP contribution is -2.31. The van der Waals surface area contributed by atoms with Crippen molar-refractivity contribution in [1.29, 1.82) is 0 Å². The Balaban J connectivity index is 1.74. The average molecular weight is 416 g/mol. The zero-order valence-electron chi connectivity index (χ0n) is 13.2. The molecule has 0 saturated heterocycles. The van der Waals surface area contributed by atoms with E-state index in [1.165, 1.54) is 0 Å². The summed E-state index contributed by atoms with van der Waals surface area (Å²) in [5.41, 5.74) is 0.643. The van der Waals surface area contributed by atoms with Crippen LogP contribution >= 0.6 is 15.9 Å². The fraction of sp³-hybridized carbons (Fsp3) is 0.400. The molecule has 2 rings (SSSR count). The number of nitrogens with one attached hydrogen (secondary N) is 1. The Bertz CT molecular complexity index is 805. The number of rotatable bonds is 8. The van der Waals surface area contributed by atoms with Gasteiger partial charge in [0, 0.05) is 17.4 Å². The summed E-state index contributed by atoms with van der Waals surface area (Å²) in [5.74, 6) is -0.135. The minimum atomic E-state index is -3.51. The van der Waals surface area contributed by atoms with E-state index in [2.05, 4.69) is 31.4 Å². The van der Waals surface area contributed by atoms with Gasteiger partial charge in [0.25, 0.3) is 0 Å². The largest absolute Gasteiger partial charge is 0.355 e. The average Bonchev–Trinajstić information content (AvgIpc) is 2.88. The molecule has 0 radical (unpaired) electrons. The SMILES string of the molecule is Cc1noc(CCCNC(=O)CS(=O)(=O)Cc2cccc(Br)c2)n1. The molecule has 0 aliphatic carbocycles. The number of benzene rings is 1. The van der Waals surface area contributed by atoms with Crippen molar-refractivity contribution in [3.63, 3.8) is 0 Å². The van der Waals surface area contributed by atoms with E-state index in [4.69, 9.17) is 4.52 Å². The van der Waals surface area contributed by atoms with Gasteiger partial charge in [-0.15, -0.1) is 0 Å². The molecule has 1 aromatic heterocycles. The van der Waals surface area contributed by atoms with Crippen LogP contribution in [0.25, 0.3) is 0 Å². The van der Waals surface area contributed by atoms with Gasteiger partial charge in [-0.25, -0.2) is 8.42 Å². The van der Waals surface area contributed by atoms with E-state index in [9.17, 15) is 13.2 Å². The first kappa shape index (κ1) is 18.6. The lowest BCUT2D eigenvalue weighted by Gasteiger charge is -2.06. The summed E-state index contributed by atoms with van der Waals surface area (Å²) < 4.78 is 29.9. The Morgan fingerprint density at radius 3 is 2.83 bits per heavy atom. The molecule has 130 valence electrons. The van der Waals surface area contributed by atoms with Crippen LogP contribution in [0.15, 0.2) is 33.3 Å². The highest BCUT2D eigenvalue weighted by atomic mass is 79.9. The highest BCUT2D eigenvalue weighted by Crippen LogP contribution is 2.14. The second-order valence-electron chi connectivity index (χ2n) is 5.35. The molecule has 0 atom stereocenters. The smallest absolute Gasteiger partial charge is 0.235 e. The van der Waals surface area contributed by atoms with Gasteiger partial charge < -0.3 is 9.84 Å². The van der Waals surface area contributed by atoms with Gasteiger partial charge in [-0.2, -0.15) is 4.98 Å². The van der Waals surface area contributed by atoms with Gasteiger partial charge in [-0.05, 0) is 31.0 Å². The molecule has 0 aliphatic rings. The third kappa shape index (κ3) is 6.40. The molecule has 0 spiro atoms. The summed E-state index contributed by atoms with van der Waals surface area (Å²) >= 11 is 3.29. The molecule has 1 heterocycles. The van der Waals surface area contributed by atoms with E-state index in [-0.39, 0.29) is 5.75 Å². The standard InChI is InChI=1S/C15H18BrN3O4S/c1-11-18-15(23-19-11)6-3-7-17-14(20)10-24(21,22)9-12-4-2-5-13(16)8-12/h2,4-5,8H,3,6-7,9-10H2,1H3,(H,17,20). The minimum absolute atomic E-state index is 0.166. The van der Waals surface area contributed by atoms with Crippen LogP contribution in [-0.4, -0.2) is 36.8 Å². The van der Waals surface area contributed by atoms with E-state index < -0.39 is 21.5 Å². The van der Waals surface area contributed by atoms with Gasteiger partial charge in [0.15, 0.2) is 15.7 Å². The van der Waals surface area contributed by atoms with Gasteiger partial charge in [0.1, 0.15) is 5.75 Å². The Morgan fingerprint density at radius 2 is 2.17 bits per heavy atom. The maximum Gasteiger partial charge on any atom is 0.235 e. The van der Waals surface area contributed by atoms with Crippen molar-refractivity contribution in [1.82, 2.24) is 15.5 Å². The van der Waals surface area contributed by atoms with E-state index in [0.717, 1.165) is 4.47 Å². The fourth-order valence-electron chi connectivity index (χ4n) is 2.09. The molecule has 0 saturated carbocycles. The van der Waals surface area contributed by atoms with Crippen LogP contribution in [0.3, 0.4) is 0 Å². The number of carbonyl (C=O) groups is 1. The van der Waals surface area contributed by atoms with Gasteiger partial charge in [-0.3, -0.25) is 4.79 Å². The molecule has 0 unspecified atom stereocenters. The summed E-state index contributed by atoms with van der Waals surface area (Å²) in [6, 6.07) is 7.01. The number of carbonyl (C=O) groups excluding carboxylic acids is 1. The molecule has 2 aromatic rings. The molecule has 9 heteroatoms. The molecule has 7 nitrogen and oxygen atoms in total. The van der Waals surface area contributed by atoms with Crippen molar-refractivity contribution in [2.75, 3.05) is 12.3 Å². The number of hydrogen-bond acceptors (Lipinski definition) is 6. The number of aryl methyl sites for hydroxylation is 2. The normalized spacial score (nSPS) is 11.4. The van der Waals surface area contributed by atoms with Gasteiger partial charge >= 0.3 is 0 Å². The van der Waals surface area contributed by atoms with Crippen molar-refractivity contribution < 1.29 is 17.7 Å². The zero-order chi connectivity index (χ0) is 17.6. The first-order valence-corrected chi connectivity index (χ1v) is 9.96. The summed E-state index contributed by atoms with van der Waals surface area (Å²) in [6.45, 7) is 2.08.